The lowest BCUT2D eigenvalue weighted by molar-refractivity contribution is 0.0789. The summed E-state index contributed by atoms with van der Waals surface area (Å²) >= 11 is 1.43. The summed E-state index contributed by atoms with van der Waals surface area (Å²) < 4.78 is 39.8. The number of hydrogen-bond donors (Lipinski definition) is 1. The van der Waals surface area contributed by atoms with Crippen LogP contribution in [0.25, 0.3) is 0 Å². The van der Waals surface area contributed by atoms with Crippen LogP contribution < -0.4 is 14.2 Å². The van der Waals surface area contributed by atoms with E-state index in [1.54, 1.807) is 17.0 Å². The first-order chi connectivity index (χ1) is 14.5. The van der Waals surface area contributed by atoms with Crippen LogP contribution in [0.2, 0.25) is 0 Å². The fourth-order valence-corrected chi connectivity index (χ4v) is 5.22. The van der Waals surface area contributed by atoms with Crippen LogP contribution in [0.3, 0.4) is 0 Å². The Kier molecular flexibility index (Phi) is 6.21. The molecule has 2 aromatic carbocycles. The predicted molar refractivity (Wildman–Crippen MR) is 115 cm³/mol. The minimum atomic E-state index is -3.81. The maximum atomic E-state index is 12.9. The van der Waals surface area contributed by atoms with Gasteiger partial charge in [-0.3, -0.25) is 4.79 Å². The molecule has 2 aromatic rings. The quantitative estimate of drug-likeness (QED) is 0.684. The lowest BCUT2D eigenvalue weighted by atomic mass is 10.2. The van der Waals surface area contributed by atoms with Crippen molar-refractivity contribution in [3.63, 3.8) is 0 Å². The molecule has 0 radical (unpaired) electrons. The third-order valence-corrected chi connectivity index (χ3v) is 7.39. The van der Waals surface area contributed by atoms with Crippen molar-refractivity contribution in [2.75, 3.05) is 32.5 Å². The molecule has 0 spiro atoms. The van der Waals surface area contributed by atoms with Gasteiger partial charge in [-0.2, -0.15) is 0 Å². The zero-order chi connectivity index (χ0) is 21.1. The molecule has 2 heterocycles. The average Bonchev–Trinajstić information content (AvgIpc) is 3.31. The second-order valence-electron chi connectivity index (χ2n) is 7.21. The molecule has 2 aliphatic rings. The van der Waals surface area contributed by atoms with Gasteiger partial charge >= 0.3 is 0 Å². The Morgan fingerprint density at radius 1 is 1.17 bits per heavy atom. The monoisotopic (exact) mass is 448 g/mol. The number of carbonyl (C=O) groups excluding carboxylic acids is 1. The van der Waals surface area contributed by atoms with Gasteiger partial charge in [-0.1, -0.05) is 12.1 Å². The number of nitrogens with zero attached hydrogens (tertiary/aromatic N) is 1. The molecule has 0 saturated carbocycles. The van der Waals surface area contributed by atoms with Gasteiger partial charge in [-0.05, 0) is 49.4 Å². The zero-order valence-corrected chi connectivity index (χ0v) is 18.3. The van der Waals surface area contributed by atoms with Crippen molar-refractivity contribution in [3.8, 4) is 11.5 Å². The molecule has 1 saturated heterocycles. The van der Waals surface area contributed by atoms with Gasteiger partial charge in [0.05, 0.1) is 17.0 Å². The van der Waals surface area contributed by atoms with Gasteiger partial charge in [0, 0.05) is 18.0 Å². The van der Waals surface area contributed by atoms with Gasteiger partial charge in [0.2, 0.25) is 10.0 Å². The first-order valence-corrected chi connectivity index (χ1v) is 12.5. The van der Waals surface area contributed by atoms with Crippen molar-refractivity contribution in [2.45, 2.75) is 28.7 Å². The van der Waals surface area contributed by atoms with Gasteiger partial charge in [0.25, 0.3) is 5.91 Å². The van der Waals surface area contributed by atoms with Crippen LogP contribution in [0.15, 0.2) is 52.3 Å². The summed E-state index contributed by atoms with van der Waals surface area (Å²) in [6, 6.07) is 12.0. The highest BCUT2D eigenvalue weighted by molar-refractivity contribution is 7.98. The van der Waals surface area contributed by atoms with Crippen molar-refractivity contribution in [1.29, 1.82) is 0 Å². The summed E-state index contributed by atoms with van der Waals surface area (Å²) in [6.45, 7) is 1.74. The van der Waals surface area contributed by atoms with Crippen LogP contribution >= 0.6 is 11.8 Å². The van der Waals surface area contributed by atoms with Gasteiger partial charge in [-0.15, -0.1) is 11.8 Å². The molecule has 0 aliphatic carbocycles. The maximum absolute atomic E-state index is 12.9. The summed E-state index contributed by atoms with van der Waals surface area (Å²) in [6.07, 6.45) is 3.39. The Labute approximate surface area is 180 Å². The lowest BCUT2D eigenvalue weighted by Crippen LogP contribution is -2.40. The zero-order valence-electron chi connectivity index (χ0n) is 16.7. The third kappa shape index (κ3) is 4.43. The number of hydrogen-bond acceptors (Lipinski definition) is 6. The van der Waals surface area contributed by atoms with E-state index < -0.39 is 16.1 Å². The summed E-state index contributed by atoms with van der Waals surface area (Å²) in [7, 11) is -3.81. The van der Waals surface area contributed by atoms with E-state index in [2.05, 4.69) is 4.72 Å². The molecule has 160 valence electrons. The first kappa shape index (κ1) is 21.0. The van der Waals surface area contributed by atoms with Crippen molar-refractivity contribution >= 4 is 27.7 Å². The lowest BCUT2D eigenvalue weighted by Gasteiger charge is -2.26. The maximum Gasteiger partial charge on any atom is 0.255 e. The minimum Gasteiger partial charge on any atom is -0.486 e. The smallest absolute Gasteiger partial charge is 0.255 e. The van der Waals surface area contributed by atoms with E-state index in [0.29, 0.717) is 30.2 Å². The number of sulfonamides is 1. The summed E-state index contributed by atoms with van der Waals surface area (Å²) in [5.41, 5.74) is 0.429. The largest absolute Gasteiger partial charge is 0.486 e. The van der Waals surface area contributed by atoms with Crippen LogP contribution in [-0.2, 0) is 10.0 Å². The Balaban J connectivity index is 1.48. The van der Waals surface area contributed by atoms with Crippen LogP contribution in [0.4, 0.5) is 0 Å². The molecule has 0 unspecified atom stereocenters. The van der Waals surface area contributed by atoms with Crippen LogP contribution in [0.1, 0.15) is 23.2 Å². The van der Waals surface area contributed by atoms with E-state index in [0.717, 1.165) is 17.7 Å². The Morgan fingerprint density at radius 3 is 2.63 bits per heavy atom. The summed E-state index contributed by atoms with van der Waals surface area (Å²) in [5, 5.41) is 0. The number of ether oxygens (including phenoxy) is 2. The molecule has 4 rings (SSSR count). The van der Waals surface area contributed by atoms with Crippen molar-refractivity contribution in [2.24, 2.45) is 0 Å². The molecule has 2 aliphatic heterocycles. The topological polar surface area (TPSA) is 84.9 Å². The van der Waals surface area contributed by atoms with E-state index in [4.69, 9.17) is 9.47 Å². The number of carbonyl (C=O) groups is 1. The summed E-state index contributed by atoms with van der Waals surface area (Å²) in [5.74, 6) is 1.12. The molecule has 0 bridgehead atoms. The van der Waals surface area contributed by atoms with Gasteiger partial charge in [0.1, 0.15) is 12.7 Å². The highest BCUT2D eigenvalue weighted by atomic mass is 32.2. The molecule has 1 amide bonds. The highest BCUT2D eigenvalue weighted by Crippen LogP contribution is 2.31. The Hall–Kier alpha value is -2.23. The average molecular weight is 449 g/mol. The number of amides is 1. The number of likely N-dealkylation sites (tertiary alicyclic amines) is 1. The van der Waals surface area contributed by atoms with Crippen LogP contribution in [-0.4, -0.2) is 57.8 Å². The van der Waals surface area contributed by atoms with E-state index in [9.17, 15) is 13.2 Å². The predicted octanol–water partition coefficient (Wildman–Crippen LogP) is 2.76. The van der Waals surface area contributed by atoms with Gasteiger partial charge < -0.3 is 14.4 Å². The van der Waals surface area contributed by atoms with Crippen LogP contribution in [0.5, 0.6) is 11.5 Å². The minimum absolute atomic E-state index is 0.0658. The fourth-order valence-electron chi connectivity index (χ4n) is 3.56. The molecule has 9 heteroatoms. The molecular formula is C21H24N2O5S2. The van der Waals surface area contributed by atoms with Gasteiger partial charge in [0.15, 0.2) is 11.5 Å². The van der Waals surface area contributed by atoms with E-state index in [1.807, 2.05) is 24.5 Å². The number of nitrogens with one attached hydrogen (secondary N) is 1. The molecule has 1 atom stereocenters. The van der Waals surface area contributed by atoms with E-state index in [-0.39, 0.29) is 24.0 Å². The molecule has 0 aromatic heterocycles. The number of para-hydroxylation sites is 2. The second-order valence-corrected chi connectivity index (χ2v) is 9.83. The van der Waals surface area contributed by atoms with Crippen molar-refractivity contribution in [3.05, 3.63) is 48.0 Å². The van der Waals surface area contributed by atoms with Crippen LogP contribution in [0, 0.1) is 0 Å². The number of rotatable bonds is 6. The number of benzene rings is 2. The van der Waals surface area contributed by atoms with Crippen molar-refractivity contribution < 1.29 is 22.7 Å². The summed E-state index contributed by atoms with van der Waals surface area (Å²) in [4.78, 5) is 15.5. The van der Waals surface area contributed by atoms with E-state index in [1.165, 1.54) is 23.9 Å². The SMILES string of the molecule is CSc1ccc(S(=O)(=O)NC[C@@H]2COc3ccccc3O2)cc1C(=O)N1CCCC1. The van der Waals surface area contributed by atoms with Crippen molar-refractivity contribution in [1.82, 2.24) is 9.62 Å². The second kappa shape index (κ2) is 8.87. The fraction of sp³-hybridized carbons (Fsp3) is 0.381. The third-order valence-electron chi connectivity index (χ3n) is 5.17. The molecule has 1 N–H and O–H groups in total. The Morgan fingerprint density at radius 2 is 1.90 bits per heavy atom. The standard InChI is InChI=1S/C21H24N2O5S2/c1-29-20-9-8-16(12-17(20)21(24)23-10-4-5-11-23)30(25,26)22-13-15-14-27-18-6-2-3-7-19(18)28-15/h2-3,6-9,12,15,22H,4-5,10-11,13-14H2,1H3/t15-/m1/s1. The van der Waals surface area contributed by atoms with E-state index >= 15 is 0 Å². The van der Waals surface area contributed by atoms with Gasteiger partial charge in [-0.25, -0.2) is 13.1 Å². The molecule has 30 heavy (non-hydrogen) atoms. The molecular weight excluding hydrogens is 424 g/mol. The normalized spacial score (nSPS) is 18.4. The molecule has 1 fully saturated rings. The number of thioether (sulfide) groups is 1. The highest BCUT2D eigenvalue weighted by Gasteiger charge is 2.26. The molecule has 7 nitrogen and oxygen atoms in total. The Bertz CT molecular complexity index is 1040. The number of fused-ring (bicyclic) bond motifs is 1. The first-order valence-electron chi connectivity index (χ1n) is 9.83.